The summed E-state index contributed by atoms with van der Waals surface area (Å²) in [5.41, 5.74) is 5.58. The summed E-state index contributed by atoms with van der Waals surface area (Å²) < 4.78 is 25.6. The van der Waals surface area contributed by atoms with Crippen LogP contribution in [-0.2, 0) is 23.4 Å². The molecule has 0 atom stereocenters. The van der Waals surface area contributed by atoms with Crippen molar-refractivity contribution < 1.29 is 13.2 Å². The van der Waals surface area contributed by atoms with Crippen molar-refractivity contribution in [2.24, 2.45) is 13.0 Å². The number of benzene rings is 1. The monoisotopic (exact) mass is 422 g/mol. The van der Waals surface area contributed by atoms with Crippen LogP contribution in [0.4, 0.5) is 11.5 Å². The van der Waals surface area contributed by atoms with Crippen LogP contribution in [0.2, 0.25) is 0 Å². The number of hydrogen-bond donors (Lipinski definition) is 2. The lowest BCUT2D eigenvalue weighted by Gasteiger charge is -2.16. The van der Waals surface area contributed by atoms with Crippen LogP contribution in [0.1, 0.15) is 29.8 Å². The average molecular weight is 423 g/mol. The molecule has 0 fully saturated rings. The van der Waals surface area contributed by atoms with Crippen LogP contribution in [-0.4, -0.2) is 36.1 Å². The summed E-state index contributed by atoms with van der Waals surface area (Å²) in [6.45, 7) is 5.51. The standard InChI is InChI=1S/C19H26N4O5S/c1-11(2)10-23-17(20)16(18(25)22(4)19(23)26)15(24)9-21-14-8-13(29(5,27)28)7-6-12(14)3/h6-8,11,21H,9-10,20H2,1-5H3. The maximum absolute atomic E-state index is 12.8. The summed E-state index contributed by atoms with van der Waals surface area (Å²) in [7, 11) is -2.11. The summed E-state index contributed by atoms with van der Waals surface area (Å²) in [4.78, 5) is 37.7. The molecule has 10 heteroatoms. The van der Waals surface area contributed by atoms with Gasteiger partial charge in [0.25, 0.3) is 5.56 Å². The first-order valence-corrected chi connectivity index (χ1v) is 10.9. The quantitative estimate of drug-likeness (QED) is 0.630. The number of Topliss-reactive ketones (excluding diaryl/α,β-unsaturated/α-hetero) is 1. The topological polar surface area (TPSA) is 133 Å². The first-order chi connectivity index (χ1) is 13.3. The van der Waals surface area contributed by atoms with Gasteiger partial charge in [-0.3, -0.25) is 18.7 Å². The minimum atomic E-state index is -3.41. The summed E-state index contributed by atoms with van der Waals surface area (Å²) in [5.74, 6) is -0.681. The van der Waals surface area contributed by atoms with E-state index in [9.17, 15) is 22.8 Å². The number of carbonyl (C=O) groups is 1. The molecule has 2 aromatic rings. The van der Waals surface area contributed by atoms with Crippen LogP contribution in [0.5, 0.6) is 0 Å². The first kappa shape index (κ1) is 22.4. The summed E-state index contributed by atoms with van der Waals surface area (Å²) in [5, 5.41) is 2.87. The number of nitrogens with zero attached hydrogens (tertiary/aromatic N) is 2. The zero-order valence-corrected chi connectivity index (χ0v) is 18.0. The molecule has 0 amide bonds. The van der Waals surface area contributed by atoms with Crippen LogP contribution in [0, 0.1) is 12.8 Å². The number of carbonyl (C=O) groups excluding carboxylic acids is 1. The smallest absolute Gasteiger partial charge is 0.332 e. The second-order valence-corrected chi connectivity index (χ2v) is 9.45. The number of nitrogen functional groups attached to an aromatic ring is 1. The Morgan fingerprint density at radius 3 is 2.41 bits per heavy atom. The van der Waals surface area contributed by atoms with Gasteiger partial charge in [-0.25, -0.2) is 13.2 Å². The van der Waals surface area contributed by atoms with Crippen LogP contribution in [0.3, 0.4) is 0 Å². The Hall–Kier alpha value is -2.88. The zero-order chi connectivity index (χ0) is 22.1. The van der Waals surface area contributed by atoms with Crippen LogP contribution < -0.4 is 22.3 Å². The van der Waals surface area contributed by atoms with Gasteiger partial charge in [0.2, 0.25) is 0 Å². The third kappa shape index (κ3) is 4.76. The summed E-state index contributed by atoms with van der Waals surface area (Å²) in [6.07, 6.45) is 1.09. The molecule has 0 aliphatic heterocycles. The number of sulfone groups is 1. The van der Waals surface area contributed by atoms with Crippen LogP contribution in [0.15, 0.2) is 32.7 Å². The zero-order valence-electron chi connectivity index (χ0n) is 17.1. The number of ketones is 1. The van der Waals surface area contributed by atoms with Gasteiger partial charge in [-0.15, -0.1) is 0 Å². The van der Waals surface area contributed by atoms with Gasteiger partial charge in [0.1, 0.15) is 11.4 Å². The minimum Gasteiger partial charge on any atom is -0.384 e. The van der Waals surface area contributed by atoms with E-state index in [-0.39, 0.29) is 35.3 Å². The van der Waals surface area contributed by atoms with Gasteiger partial charge >= 0.3 is 5.69 Å². The number of aryl methyl sites for hydroxylation is 1. The fourth-order valence-corrected chi connectivity index (χ4v) is 3.52. The lowest BCUT2D eigenvalue weighted by Crippen LogP contribution is -2.43. The fourth-order valence-electron chi connectivity index (χ4n) is 2.87. The van der Waals surface area contributed by atoms with E-state index in [0.29, 0.717) is 5.69 Å². The minimum absolute atomic E-state index is 0.0787. The Labute approximate surface area is 169 Å². The summed E-state index contributed by atoms with van der Waals surface area (Å²) in [6, 6.07) is 4.53. The van der Waals surface area contributed by atoms with E-state index in [1.54, 1.807) is 13.0 Å². The van der Waals surface area contributed by atoms with Crippen molar-refractivity contribution in [3.8, 4) is 0 Å². The van der Waals surface area contributed by atoms with Crippen molar-refractivity contribution in [1.82, 2.24) is 9.13 Å². The summed E-state index contributed by atoms with van der Waals surface area (Å²) >= 11 is 0. The molecular formula is C19H26N4O5S. The van der Waals surface area contributed by atoms with Gasteiger partial charge in [0, 0.05) is 25.5 Å². The normalized spacial score (nSPS) is 11.7. The van der Waals surface area contributed by atoms with Crippen molar-refractivity contribution in [1.29, 1.82) is 0 Å². The van der Waals surface area contributed by atoms with Crippen LogP contribution in [0.25, 0.3) is 0 Å². The van der Waals surface area contributed by atoms with Gasteiger partial charge in [0.15, 0.2) is 15.6 Å². The van der Waals surface area contributed by atoms with Gasteiger partial charge in [0.05, 0.1) is 11.4 Å². The van der Waals surface area contributed by atoms with E-state index >= 15 is 0 Å². The predicted molar refractivity (Wildman–Crippen MR) is 112 cm³/mol. The highest BCUT2D eigenvalue weighted by molar-refractivity contribution is 7.90. The Morgan fingerprint density at radius 2 is 1.86 bits per heavy atom. The Morgan fingerprint density at radius 1 is 1.24 bits per heavy atom. The van der Waals surface area contributed by atoms with E-state index in [4.69, 9.17) is 5.73 Å². The Bertz CT molecular complexity index is 1180. The number of rotatable bonds is 7. The fraction of sp³-hybridized carbons (Fsp3) is 0.421. The average Bonchev–Trinajstić information content (AvgIpc) is 2.62. The number of aromatic nitrogens is 2. The third-order valence-electron chi connectivity index (χ3n) is 4.49. The molecule has 9 nitrogen and oxygen atoms in total. The molecule has 0 spiro atoms. The van der Waals surface area contributed by atoms with Gasteiger partial charge < -0.3 is 11.1 Å². The highest BCUT2D eigenvalue weighted by Gasteiger charge is 2.22. The predicted octanol–water partition coefficient (Wildman–Crippen LogP) is 0.792. The van der Waals surface area contributed by atoms with Gasteiger partial charge in [-0.05, 0) is 30.5 Å². The number of anilines is 2. The molecule has 0 saturated carbocycles. The van der Waals surface area contributed by atoms with E-state index in [1.807, 2.05) is 13.8 Å². The van der Waals surface area contributed by atoms with Crippen molar-refractivity contribution >= 4 is 27.1 Å². The Balaban J connectivity index is 2.41. The van der Waals surface area contributed by atoms with E-state index in [0.717, 1.165) is 16.4 Å². The molecule has 0 unspecified atom stereocenters. The molecule has 29 heavy (non-hydrogen) atoms. The molecule has 0 bridgehead atoms. The molecule has 1 heterocycles. The van der Waals surface area contributed by atoms with E-state index in [1.165, 1.54) is 23.7 Å². The second kappa shape index (κ2) is 8.24. The lowest BCUT2D eigenvalue weighted by atomic mass is 10.1. The SMILES string of the molecule is Cc1ccc(S(C)(=O)=O)cc1NCC(=O)c1c(N)n(CC(C)C)c(=O)n(C)c1=O. The van der Waals surface area contributed by atoms with E-state index < -0.39 is 26.9 Å². The second-order valence-electron chi connectivity index (χ2n) is 7.44. The van der Waals surface area contributed by atoms with Crippen molar-refractivity contribution in [2.75, 3.05) is 23.9 Å². The largest absolute Gasteiger partial charge is 0.384 e. The van der Waals surface area contributed by atoms with Crippen molar-refractivity contribution in [3.63, 3.8) is 0 Å². The molecule has 2 rings (SSSR count). The molecule has 3 N–H and O–H groups in total. The number of nitrogens with one attached hydrogen (secondary N) is 1. The van der Waals surface area contributed by atoms with Gasteiger partial charge in [-0.1, -0.05) is 19.9 Å². The third-order valence-corrected chi connectivity index (χ3v) is 5.60. The molecule has 0 aliphatic carbocycles. The molecule has 0 saturated heterocycles. The van der Waals surface area contributed by atoms with E-state index in [2.05, 4.69) is 5.32 Å². The van der Waals surface area contributed by atoms with Crippen molar-refractivity contribution in [2.45, 2.75) is 32.2 Å². The maximum atomic E-state index is 12.8. The molecule has 0 aliphatic rings. The highest BCUT2D eigenvalue weighted by atomic mass is 32.2. The molecule has 1 aromatic heterocycles. The van der Waals surface area contributed by atoms with Crippen LogP contribution >= 0.6 is 0 Å². The number of nitrogens with two attached hydrogens (primary N) is 1. The highest BCUT2D eigenvalue weighted by Crippen LogP contribution is 2.20. The molecule has 1 aromatic carbocycles. The van der Waals surface area contributed by atoms with Gasteiger partial charge in [-0.2, -0.15) is 0 Å². The molecule has 158 valence electrons. The first-order valence-electron chi connectivity index (χ1n) is 9.01. The lowest BCUT2D eigenvalue weighted by molar-refractivity contribution is 0.100. The Kier molecular flexibility index (Phi) is 6.37. The number of hydrogen-bond acceptors (Lipinski definition) is 7. The molecule has 0 radical (unpaired) electrons. The molecular weight excluding hydrogens is 396 g/mol. The van der Waals surface area contributed by atoms with Crippen molar-refractivity contribution in [3.05, 3.63) is 50.2 Å². The maximum Gasteiger partial charge on any atom is 0.332 e.